The van der Waals surface area contributed by atoms with Gasteiger partial charge in [-0.2, -0.15) is 4.98 Å². The molecular formula is C17H29N3O. The maximum Gasteiger partial charge on any atom is 0.234 e. The van der Waals surface area contributed by atoms with E-state index in [9.17, 15) is 0 Å². The Labute approximate surface area is 127 Å². The van der Waals surface area contributed by atoms with Crippen LogP contribution in [0.4, 0.5) is 0 Å². The predicted octanol–water partition coefficient (Wildman–Crippen LogP) is 3.91. The maximum atomic E-state index is 6.12. The van der Waals surface area contributed by atoms with E-state index in [1.165, 1.54) is 51.4 Å². The Hall–Kier alpha value is -0.900. The van der Waals surface area contributed by atoms with Crippen LogP contribution >= 0.6 is 0 Å². The number of nitrogens with two attached hydrogens (primary N) is 1. The van der Waals surface area contributed by atoms with Crippen LogP contribution in [0.3, 0.4) is 0 Å². The highest BCUT2D eigenvalue weighted by Crippen LogP contribution is 2.41. The molecule has 0 radical (unpaired) electrons. The second-order valence-electron chi connectivity index (χ2n) is 7.14. The number of nitrogens with zero attached hydrogens (tertiary/aromatic N) is 2. The summed E-state index contributed by atoms with van der Waals surface area (Å²) in [7, 11) is 0. The van der Waals surface area contributed by atoms with E-state index in [2.05, 4.69) is 12.1 Å². The van der Waals surface area contributed by atoms with Crippen LogP contribution in [0.2, 0.25) is 0 Å². The molecule has 0 saturated heterocycles. The van der Waals surface area contributed by atoms with Crippen molar-refractivity contribution in [2.24, 2.45) is 11.7 Å². The number of aromatic nitrogens is 2. The van der Waals surface area contributed by atoms with Gasteiger partial charge in [0.1, 0.15) is 0 Å². The van der Waals surface area contributed by atoms with Crippen molar-refractivity contribution in [3.63, 3.8) is 0 Å². The molecular weight excluding hydrogens is 262 g/mol. The van der Waals surface area contributed by atoms with Crippen molar-refractivity contribution in [3.05, 3.63) is 11.7 Å². The zero-order chi connectivity index (χ0) is 14.7. The van der Waals surface area contributed by atoms with Crippen molar-refractivity contribution in [1.82, 2.24) is 10.1 Å². The molecule has 3 rings (SSSR count). The Kier molecular flexibility index (Phi) is 4.63. The van der Waals surface area contributed by atoms with Crippen molar-refractivity contribution in [1.29, 1.82) is 0 Å². The smallest absolute Gasteiger partial charge is 0.234 e. The molecule has 1 aromatic rings. The SMILES string of the molecule is CCC1CCC(c2noc(C3(CN)CCCCCC3)n2)C1. The summed E-state index contributed by atoms with van der Waals surface area (Å²) in [6, 6.07) is 0. The molecule has 2 atom stereocenters. The molecule has 118 valence electrons. The molecule has 2 unspecified atom stereocenters. The Morgan fingerprint density at radius 1 is 1.19 bits per heavy atom. The lowest BCUT2D eigenvalue weighted by Gasteiger charge is -2.26. The molecule has 1 heterocycles. The van der Waals surface area contributed by atoms with Gasteiger partial charge in [-0.15, -0.1) is 0 Å². The fraction of sp³-hybridized carbons (Fsp3) is 0.882. The summed E-state index contributed by atoms with van der Waals surface area (Å²) >= 11 is 0. The van der Waals surface area contributed by atoms with Gasteiger partial charge in [0.2, 0.25) is 5.89 Å². The lowest BCUT2D eigenvalue weighted by atomic mass is 9.80. The monoisotopic (exact) mass is 291 g/mol. The first-order valence-corrected chi connectivity index (χ1v) is 8.81. The van der Waals surface area contributed by atoms with E-state index < -0.39 is 0 Å². The minimum absolute atomic E-state index is 0.0511. The van der Waals surface area contributed by atoms with Gasteiger partial charge in [-0.05, 0) is 38.0 Å². The van der Waals surface area contributed by atoms with E-state index in [0.29, 0.717) is 12.5 Å². The highest BCUT2D eigenvalue weighted by molar-refractivity contribution is 5.09. The van der Waals surface area contributed by atoms with Crippen LogP contribution in [0.25, 0.3) is 0 Å². The number of hydrogen-bond donors (Lipinski definition) is 1. The van der Waals surface area contributed by atoms with Crippen LogP contribution in [0.15, 0.2) is 4.52 Å². The molecule has 4 heteroatoms. The lowest BCUT2D eigenvalue weighted by Crippen LogP contribution is -2.35. The molecule has 4 nitrogen and oxygen atoms in total. The average molecular weight is 291 g/mol. The molecule has 2 aliphatic rings. The van der Waals surface area contributed by atoms with E-state index in [4.69, 9.17) is 15.2 Å². The third-order valence-electron chi connectivity index (χ3n) is 5.83. The van der Waals surface area contributed by atoms with Crippen molar-refractivity contribution in [3.8, 4) is 0 Å². The first-order valence-electron chi connectivity index (χ1n) is 8.81. The molecule has 2 fully saturated rings. The van der Waals surface area contributed by atoms with Gasteiger partial charge in [-0.25, -0.2) is 0 Å². The molecule has 0 amide bonds. The minimum Gasteiger partial charge on any atom is -0.339 e. The predicted molar refractivity (Wildman–Crippen MR) is 83.1 cm³/mol. The van der Waals surface area contributed by atoms with Crippen molar-refractivity contribution >= 4 is 0 Å². The molecule has 2 aliphatic carbocycles. The standard InChI is InChI=1S/C17H29N3O/c1-2-13-7-8-14(11-13)15-19-16(21-20-15)17(12-18)9-5-3-4-6-10-17/h13-14H,2-12,18H2,1H3. The summed E-state index contributed by atoms with van der Waals surface area (Å²) in [5.74, 6) is 3.12. The van der Waals surface area contributed by atoms with Gasteiger partial charge < -0.3 is 10.3 Å². The van der Waals surface area contributed by atoms with Crippen LogP contribution < -0.4 is 5.73 Å². The van der Waals surface area contributed by atoms with Crippen LogP contribution in [0, 0.1) is 5.92 Å². The summed E-state index contributed by atoms with van der Waals surface area (Å²) in [5.41, 5.74) is 6.07. The Bertz CT molecular complexity index is 449. The van der Waals surface area contributed by atoms with Gasteiger partial charge in [-0.3, -0.25) is 0 Å². The van der Waals surface area contributed by atoms with Crippen LogP contribution in [0.1, 0.15) is 88.8 Å². The summed E-state index contributed by atoms with van der Waals surface area (Å²) in [5, 5.41) is 4.32. The summed E-state index contributed by atoms with van der Waals surface area (Å²) in [4.78, 5) is 4.81. The van der Waals surface area contributed by atoms with Gasteiger partial charge in [0.05, 0.1) is 5.41 Å². The molecule has 0 bridgehead atoms. The fourth-order valence-corrected chi connectivity index (χ4v) is 4.21. The molecule has 21 heavy (non-hydrogen) atoms. The summed E-state index contributed by atoms with van der Waals surface area (Å²) < 4.78 is 5.69. The normalized spacial score (nSPS) is 29.4. The largest absolute Gasteiger partial charge is 0.339 e. The van der Waals surface area contributed by atoms with Crippen LogP contribution in [-0.4, -0.2) is 16.7 Å². The van der Waals surface area contributed by atoms with Gasteiger partial charge in [-0.1, -0.05) is 44.2 Å². The minimum atomic E-state index is -0.0511. The van der Waals surface area contributed by atoms with E-state index in [0.717, 1.165) is 30.5 Å². The fourth-order valence-electron chi connectivity index (χ4n) is 4.21. The van der Waals surface area contributed by atoms with E-state index >= 15 is 0 Å². The maximum absolute atomic E-state index is 6.12. The Morgan fingerprint density at radius 2 is 1.95 bits per heavy atom. The van der Waals surface area contributed by atoms with Crippen LogP contribution in [0.5, 0.6) is 0 Å². The zero-order valence-electron chi connectivity index (χ0n) is 13.3. The molecule has 2 saturated carbocycles. The van der Waals surface area contributed by atoms with E-state index in [-0.39, 0.29) is 5.41 Å². The average Bonchev–Trinajstić information content (AvgIpc) is 3.12. The molecule has 0 spiro atoms. The first kappa shape index (κ1) is 15.0. The van der Waals surface area contributed by atoms with Gasteiger partial charge in [0.15, 0.2) is 5.82 Å². The quantitative estimate of drug-likeness (QED) is 0.854. The Balaban J connectivity index is 1.76. The highest BCUT2D eigenvalue weighted by atomic mass is 16.5. The van der Waals surface area contributed by atoms with Crippen molar-refractivity contribution < 1.29 is 4.52 Å². The van der Waals surface area contributed by atoms with E-state index in [1.54, 1.807) is 0 Å². The lowest BCUT2D eigenvalue weighted by molar-refractivity contribution is 0.255. The highest BCUT2D eigenvalue weighted by Gasteiger charge is 2.38. The van der Waals surface area contributed by atoms with Crippen molar-refractivity contribution in [2.75, 3.05) is 6.54 Å². The third-order valence-corrected chi connectivity index (χ3v) is 5.83. The van der Waals surface area contributed by atoms with Gasteiger partial charge in [0.25, 0.3) is 0 Å². The number of rotatable bonds is 4. The second kappa shape index (κ2) is 6.47. The number of hydrogen-bond acceptors (Lipinski definition) is 4. The topological polar surface area (TPSA) is 64.9 Å². The molecule has 0 aromatic carbocycles. The molecule has 2 N–H and O–H groups in total. The summed E-state index contributed by atoms with van der Waals surface area (Å²) in [6.07, 6.45) is 12.3. The zero-order valence-corrected chi connectivity index (χ0v) is 13.3. The third kappa shape index (κ3) is 3.01. The molecule has 1 aromatic heterocycles. The second-order valence-corrected chi connectivity index (χ2v) is 7.14. The summed E-state index contributed by atoms with van der Waals surface area (Å²) in [6.45, 7) is 2.92. The molecule has 0 aliphatic heterocycles. The van der Waals surface area contributed by atoms with Crippen molar-refractivity contribution in [2.45, 2.75) is 82.5 Å². The first-order chi connectivity index (χ1) is 10.3. The van der Waals surface area contributed by atoms with E-state index in [1.807, 2.05) is 0 Å². The van der Waals surface area contributed by atoms with Gasteiger partial charge >= 0.3 is 0 Å². The Morgan fingerprint density at radius 3 is 2.57 bits per heavy atom. The van der Waals surface area contributed by atoms with Crippen LogP contribution in [-0.2, 0) is 5.41 Å². The van der Waals surface area contributed by atoms with Gasteiger partial charge in [0, 0.05) is 12.5 Å².